The lowest BCUT2D eigenvalue weighted by atomic mass is 10.1. The smallest absolute Gasteiger partial charge is 0.305 e. The van der Waals surface area contributed by atoms with Gasteiger partial charge in [-0.15, -0.1) is 0 Å². The van der Waals surface area contributed by atoms with Gasteiger partial charge in [0.15, 0.2) is 11.6 Å². The van der Waals surface area contributed by atoms with Gasteiger partial charge in [-0.25, -0.2) is 0 Å². The van der Waals surface area contributed by atoms with Crippen molar-refractivity contribution in [3.05, 3.63) is 0 Å². The van der Waals surface area contributed by atoms with Gasteiger partial charge in [0.1, 0.15) is 0 Å². The van der Waals surface area contributed by atoms with Gasteiger partial charge in [-0.1, -0.05) is 0 Å². The van der Waals surface area contributed by atoms with Gasteiger partial charge in [0, 0.05) is 12.8 Å². The van der Waals surface area contributed by atoms with E-state index in [2.05, 4.69) is 0 Å². The first kappa shape index (κ1) is 23.1. The molecule has 0 aromatic rings. The van der Waals surface area contributed by atoms with Crippen LogP contribution in [0.25, 0.3) is 0 Å². The van der Waals surface area contributed by atoms with Gasteiger partial charge in [-0.2, -0.15) is 0 Å². The van der Waals surface area contributed by atoms with Crippen molar-refractivity contribution in [1.29, 1.82) is 0 Å². The lowest BCUT2D eigenvalue weighted by Crippen LogP contribution is -2.27. The van der Waals surface area contributed by atoms with Gasteiger partial charge >= 0.3 is 11.9 Å². The predicted octanol–water partition coefficient (Wildman–Crippen LogP) is 2.72. The summed E-state index contributed by atoms with van der Waals surface area (Å²) in [7, 11) is 0. The maximum absolute atomic E-state index is 11.8. The normalized spacial score (nSPS) is 32.4. The molecule has 4 unspecified atom stereocenters. The number of hydrogen-bond donors (Lipinski definition) is 0. The Morgan fingerprint density at radius 1 is 0.821 bits per heavy atom. The molecule has 28 heavy (non-hydrogen) atoms. The Labute approximate surface area is 167 Å². The van der Waals surface area contributed by atoms with E-state index in [1.807, 2.05) is 27.7 Å². The second kappa shape index (κ2) is 10.5. The van der Waals surface area contributed by atoms with Crippen molar-refractivity contribution in [2.75, 3.05) is 26.4 Å². The second-order valence-electron chi connectivity index (χ2n) is 7.89. The summed E-state index contributed by atoms with van der Waals surface area (Å²) in [6, 6.07) is 0. The Balaban J connectivity index is 1.44. The van der Waals surface area contributed by atoms with E-state index < -0.39 is 11.6 Å². The first-order valence-electron chi connectivity index (χ1n) is 10.1. The number of hydrogen-bond acceptors (Lipinski definition) is 8. The van der Waals surface area contributed by atoms with E-state index in [9.17, 15) is 9.59 Å². The summed E-state index contributed by atoms with van der Waals surface area (Å²) in [5.41, 5.74) is 0. The van der Waals surface area contributed by atoms with Crippen LogP contribution >= 0.6 is 0 Å². The second-order valence-corrected chi connectivity index (χ2v) is 7.89. The van der Waals surface area contributed by atoms with Crippen LogP contribution in [0.2, 0.25) is 0 Å². The third-order valence-corrected chi connectivity index (χ3v) is 4.78. The van der Waals surface area contributed by atoms with Crippen molar-refractivity contribution < 1.29 is 38.0 Å². The van der Waals surface area contributed by atoms with Crippen molar-refractivity contribution in [2.24, 2.45) is 0 Å². The number of unbranched alkanes of at least 4 members (excludes halogenated alkanes) is 1. The molecule has 0 saturated carbocycles. The van der Waals surface area contributed by atoms with Crippen LogP contribution in [-0.2, 0) is 38.0 Å². The number of carbonyl (C=O) groups excluding carboxylic acids is 2. The Morgan fingerprint density at radius 3 is 1.54 bits per heavy atom. The molecule has 0 aromatic carbocycles. The zero-order valence-electron chi connectivity index (χ0n) is 17.5. The molecular formula is C20H34O8. The zero-order chi connectivity index (χ0) is 20.6. The van der Waals surface area contributed by atoms with E-state index in [0.29, 0.717) is 52.1 Å². The highest BCUT2D eigenvalue weighted by atomic mass is 16.7. The molecule has 8 heteroatoms. The summed E-state index contributed by atoms with van der Waals surface area (Å²) in [4.78, 5) is 23.6. The van der Waals surface area contributed by atoms with Crippen LogP contribution in [0.5, 0.6) is 0 Å². The maximum Gasteiger partial charge on any atom is 0.305 e. The molecule has 0 spiro atoms. The third-order valence-electron chi connectivity index (χ3n) is 4.78. The van der Waals surface area contributed by atoms with Gasteiger partial charge in [0.05, 0.1) is 51.5 Å². The molecule has 0 amide bonds. The van der Waals surface area contributed by atoms with Gasteiger partial charge in [-0.3, -0.25) is 9.59 Å². The zero-order valence-corrected chi connectivity index (χ0v) is 17.5. The highest BCUT2D eigenvalue weighted by Gasteiger charge is 2.36. The third kappa shape index (κ3) is 8.03. The molecule has 2 aliphatic heterocycles. The Morgan fingerprint density at radius 2 is 1.21 bits per heavy atom. The standard InChI is InChI=1S/C20H34O8/c1-15-13-25-19(3,27-15)9-7-17(21)23-11-5-6-12-24-18(22)8-10-20(4)26-14-16(2)28-20/h15-16H,5-14H2,1-4H3. The van der Waals surface area contributed by atoms with Gasteiger partial charge < -0.3 is 28.4 Å². The minimum absolute atomic E-state index is 0.0494. The molecule has 0 radical (unpaired) electrons. The molecule has 4 atom stereocenters. The van der Waals surface area contributed by atoms with Crippen LogP contribution in [0.1, 0.15) is 66.2 Å². The topological polar surface area (TPSA) is 89.5 Å². The van der Waals surface area contributed by atoms with Crippen LogP contribution in [0, 0.1) is 0 Å². The molecule has 2 aliphatic rings. The molecule has 2 rings (SSSR count). The molecule has 0 aromatic heterocycles. The van der Waals surface area contributed by atoms with Crippen molar-refractivity contribution in [3.8, 4) is 0 Å². The summed E-state index contributed by atoms with van der Waals surface area (Å²) in [5.74, 6) is -1.94. The first-order chi connectivity index (χ1) is 13.2. The lowest BCUT2D eigenvalue weighted by Gasteiger charge is -2.22. The van der Waals surface area contributed by atoms with Gasteiger partial charge in [-0.05, 0) is 40.5 Å². The fourth-order valence-corrected chi connectivity index (χ4v) is 3.22. The number of rotatable bonds is 11. The van der Waals surface area contributed by atoms with E-state index in [0.717, 1.165) is 0 Å². The summed E-state index contributed by atoms with van der Waals surface area (Å²) in [5, 5.41) is 0. The highest BCUT2D eigenvalue weighted by Crippen LogP contribution is 2.28. The SMILES string of the molecule is CC1COC(C)(CCC(=O)OCCCCOC(=O)CCC2(C)OCC(C)O2)O1. The summed E-state index contributed by atoms with van der Waals surface area (Å²) < 4.78 is 32.8. The largest absolute Gasteiger partial charge is 0.466 e. The van der Waals surface area contributed by atoms with Crippen LogP contribution in [0.15, 0.2) is 0 Å². The number of carbonyl (C=O) groups is 2. The van der Waals surface area contributed by atoms with Crippen LogP contribution in [0.3, 0.4) is 0 Å². The molecule has 162 valence electrons. The monoisotopic (exact) mass is 402 g/mol. The summed E-state index contributed by atoms with van der Waals surface area (Å²) >= 11 is 0. The fourth-order valence-electron chi connectivity index (χ4n) is 3.22. The highest BCUT2D eigenvalue weighted by molar-refractivity contribution is 5.69. The lowest BCUT2D eigenvalue weighted by molar-refractivity contribution is -0.167. The van der Waals surface area contributed by atoms with Crippen molar-refractivity contribution >= 4 is 11.9 Å². The average molecular weight is 402 g/mol. The van der Waals surface area contributed by atoms with Gasteiger partial charge in [0.25, 0.3) is 0 Å². The fraction of sp³-hybridized carbons (Fsp3) is 0.900. The average Bonchev–Trinajstić information content (AvgIpc) is 3.16. The molecule has 0 aliphatic carbocycles. The van der Waals surface area contributed by atoms with Crippen molar-refractivity contribution in [1.82, 2.24) is 0 Å². The Kier molecular flexibility index (Phi) is 8.67. The van der Waals surface area contributed by atoms with Crippen molar-refractivity contribution in [2.45, 2.75) is 90.0 Å². The molecular weight excluding hydrogens is 368 g/mol. The van der Waals surface area contributed by atoms with E-state index in [1.54, 1.807) is 0 Å². The van der Waals surface area contributed by atoms with E-state index in [-0.39, 0.29) is 37.0 Å². The van der Waals surface area contributed by atoms with E-state index in [4.69, 9.17) is 28.4 Å². The van der Waals surface area contributed by atoms with E-state index in [1.165, 1.54) is 0 Å². The minimum atomic E-state index is -0.698. The molecule has 2 saturated heterocycles. The minimum Gasteiger partial charge on any atom is -0.466 e. The van der Waals surface area contributed by atoms with Crippen LogP contribution in [-0.4, -0.2) is 62.1 Å². The number of esters is 2. The summed E-state index contributed by atoms with van der Waals surface area (Å²) in [6.07, 6.45) is 2.82. The first-order valence-corrected chi connectivity index (χ1v) is 10.1. The Bertz CT molecular complexity index is 478. The van der Waals surface area contributed by atoms with Gasteiger partial charge in [0.2, 0.25) is 0 Å². The molecule has 2 fully saturated rings. The van der Waals surface area contributed by atoms with Crippen LogP contribution in [0.4, 0.5) is 0 Å². The molecule has 8 nitrogen and oxygen atoms in total. The Hall–Kier alpha value is -1.22. The maximum atomic E-state index is 11.8. The molecule has 2 heterocycles. The van der Waals surface area contributed by atoms with Crippen molar-refractivity contribution in [3.63, 3.8) is 0 Å². The van der Waals surface area contributed by atoms with E-state index >= 15 is 0 Å². The molecule has 0 N–H and O–H groups in total. The molecule has 0 bridgehead atoms. The quantitative estimate of drug-likeness (QED) is 0.385. The summed E-state index contributed by atoms with van der Waals surface area (Å²) in [6.45, 7) is 9.26. The predicted molar refractivity (Wildman–Crippen MR) is 99.4 cm³/mol. The van der Waals surface area contributed by atoms with Crippen LogP contribution < -0.4 is 0 Å². The number of ether oxygens (including phenoxy) is 6.